The van der Waals surface area contributed by atoms with E-state index in [1.807, 2.05) is 24.4 Å². The molecule has 2 amide bonds. The Labute approximate surface area is 187 Å². The second kappa shape index (κ2) is 11.6. The van der Waals surface area contributed by atoms with Crippen LogP contribution in [0.3, 0.4) is 0 Å². The number of aromatic amines is 1. The highest BCUT2D eigenvalue weighted by Gasteiger charge is 2.35. The van der Waals surface area contributed by atoms with Crippen molar-refractivity contribution >= 4 is 41.3 Å². The van der Waals surface area contributed by atoms with Crippen LogP contribution in [0.25, 0.3) is 10.9 Å². The number of aromatic nitrogens is 1. The Bertz CT molecular complexity index is 914. The van der Waals surface area contributed by atoms with Crippen molar-refractivity contribution in [3.8, 4) is 5.75 Å². The predicted molar refractivity (Wildman–Crippen MR) is 123 cm³/mol. The van der Waals surface area contributed by atoms with E-state index in [1.165, 1.54) is 17.4 Å². The molecule has 1 aromatic carbocycles. The summed E-state index contributed by atoms with van der Waals surface area (Å²) in [4.78, 5) is 38.0. The zero-order chi connectivity index (χ0) is 23.0. The number of carbonyl (C=O) groups is 3. The fourth-order valence-electron chi connectivity index (χ4n) is 3.51. The highest BCUT2D eigenvalue weighted by Crippen LogP contribution is 2.23. The van der Waals surface area contributed by atoms with Crippen LogP contribution in [0.5, 0.6) is 5.75 Å². The fraction of sp³-hybridized carbons (Fsp3) is 0.500. The van der Waals surface area contributed by atoms with Crippen LogP contribution in [0.4, 0.5) is 0 Å². The number of fused-ring (bicyclic) bond motifs is 1. The maximum absolute atomic E-state index is 11.7. The second-order valence-electron chi connectivity index (χ2n) is 7.57. The van der Waals surface area contributed by atoms with Crippen LogP contribution >= 0.6 is 12.6 Å². The number of H-pyrrole nitrogens is 1. The van der Waals surface area contributed by atoms with Gasteiger partial charge in [0.25, 0.3) is 0 Å². The maximum Gasteiger partial charge on any atom is 0.326 e. The van der Waals surface area contributed by atoms with Gasteiger partial charge >= 0.3 is 5.97 Å². The largest absolute Gasteiger partial charge is 0.497 e. The zero-order valence-corrected chi connectivity index (χ0v) is 19.1. The van der Waals surface area contributed by atoms with Crippen LogP contribution in [-0.2, 0) is 20.8 Å². The molecule has 2 aromatic rings. The summed E-state index contributed by atoms with van der Waals surface area (Å²) >= 11 is 4.03. The number of aliphatic carboxylic acids is 1. The van der Waals surface area contributed by atoms with Crippen molar-refractivity contribution in [2.24, 2.45) is 5.92 Å². The number of ether oxygens (including phenoxy) is 1. The lowest BCUT2D eigenvalue weighted by atomic mass is 10.1. The summed E-state index contributed by atoms with van der Waals surface area (Å²) in [6.07, 6.45) is 4.14. The lowest BCUT2D eigenvalue weighted by molar-refractivity contribution is -0.149. The summed E-state index contributed by atoms with van der Waals surface area (Å²) < 4.78 is 5.21. The summed E-state index contributed by atoms with van der Waals surface area (Å²) in [5.41, 5.74) is 2.27. The number of methoxy groups -OCH3 is 1. The van der Waals surface area contributed by atoms with Crippen molar-refractivity contribution in [3.05, 3.63) is 30.0 Å². The van der Waals surface area contributed by atoms with Gasteiger partial charge in [-0.15, -0.1) is 0 Å². The highest BCUT2D eigenvalue weighted by atomic mass is 32.1. The Morgan fingerprint density at radius 3 is 2.74 bits per heavy atom. The first-order chi connectivity index (χ1) is 14.8. The van der Waals surface area contributed by atoms with Gasteiger partial charge in [0.2, 0.25) is 11.8 Å². The van der Waals surface area contributed by atoms with E-state index >= 15 is 0 Å². The molecule has 1 aromatic heterocycles. The van der Waals surface area contributed by atoms with Crippen LogP contribution in [0.2, 0.25) is 0 Å². The van der Waals surface area contributed by atoms with Gasteiger partial charge in [0, 0.05) is 48.8 Å². The summed E-state index contributed by atoms with van der Waals surface area (Å²) in [5.74, 6) is 0.118. The molecule has 0 unspecified atom stereocenters. The number of carbonyl (C=O) groups excluding carboxylic acids is 2. The van der Waals surface area contributed by atoms with Gasteiger partial charge in [0.05, 0.1) is 7.11 Å². The van der Waals surface area contributed by atoms with Gasteiger partial charge in [-0.3, -0.25) is 9.59 Å². The minimum Gasteiger partial charge on any atom is -0.497 e. The van der Waals surface area contributed by atoms with Crippen molar-refractivity contribution in [2.75, 3.05) is 26.0 Å². The number of hydrogen-bond acceptors (Lipinski definition) is 5. The Hall–Kier alpha value is -2.68. The number of nitrogens with one attached hydrogen (secondary N) is 2. The molecule has 3 rings (SSSR count). The molecule has 0 saturated carbocycles. The lowest BCUT2D eigenvalue weighted by Gasteiger charge is -2.24. The van der Waals surface area contributed by atoms with Crippen LogP contribution in [-0.4, -0.2) is 64.8 Å². The Morgan fingerprint density at radius 1 is 1.39 bits per heavy atom. The van der Waals surface area contributed by atoms with Gasteiger partial charge < -0.3 is 25.0 Å². The van der Waals surface area contributed by atoms with E-state index < -0.39 is 12.0 Å². The van der Waals surface area contributed by atoms with Gasteiger partial charge in [-0.05, 0) is 43.0 Å². The van der Waals surface area contributed by atoms with Crippen LogP contribution in [0.15, 0.2) is 24.4 Å². The summed E-state index contributed by atoms with van der Waals surface area (Å²) in [6, 6.07) is 5.31. The van der Waals surface area contributed by atoms with Crippen molar-refractivity contribution in [1.29, 1.82) is 0 Å². The van der Waals surface area contributed by atoms with Crippen molar-refractivity contribution in [2.45, 2.75) is 39.2 Å². The average Bonchev–Trinajstić information content (AvgIpc) is 3.40. The predicted octanol–water partition coefficient (Wildman–Crippen LogP) is 2.48. The minimum absolute atomic E-state index is 0.00224. The molecule has 0 bridgehead atoms. The molecule has 9 heteroatoms. The number of benzene rings is 1. The van der Waals surface area contributed by atoms with E-state index in [0.29, 0.717) is 25.3 Å². The third kappa shape index (κ3) is 6.65. The summed E-state index contributed by atoms with van der Waals surface area (Å²) in [7, 11) is 1.66. The highest BCUT2D eigenvalue weighted by molar-refractivity contribution is 7.80. The SMILES string of the molecule is COc1ccc2[nH]cc(CCNC(C)=O)c2c1.C[C@H](CS)C(=O)N1CCC[C@H]1C(=O)O. The molecule has 1 aliphatic heterocycles. The molecule has 3 N–H and O–H groups in total. The number of carboxylic acids is 1. The average molecular weight is 450 g/mol. The molecule has 1 fully saturated rings. The van der Waals surface area contributed by atoms with Gasteiger partial charge in [-0.2, -0.15) is 12.6 Å². The third-order valence-electron chi connectivity index (χ3n) is 5.26. The van der Waals surface area contributed by atoms with Crippen LogP contribution in [0.1, 0.15) is 32.3 Å². The Kier molecular flexibility index (Phi) is 9.23. The quantitative estimate of drug-likeness (QED) is 0.485. The molecule has 8 nitrogen and oxygen atoms in total. The molecule has 170 valence electrons. The van der Waals surface area contributed by atoms with Gasteiger partial charge in [-0.25, -0.2) is 4.79 Å². The number of likely N-dealkylation sites (tertiary alicyclic amines) is 1. The zero-order valence-electron chi connectivity index (χ0n) is 18.2. The molecule has 0 spiro atoms. The lowest BCUT2D eigenvalue weighted by Crippen LogP contribution is -2.43. The molecule has 31 heavy (non-hydrogen) atoms. The fourth-order valence-corrected chi connectivity index (χ4v) is 3.67. The van der Waals surface area contributed by atoms with Crippen LogP contribution in [0, 0.1) is 5.92 Å². The number of nitrogens with zero attached hydrogens (tertiary/aromatic N) is 1. The van der Waals surface area contributed by atoms with E-state index in [-0.39, 0.29) is 17.7 Å². The topological polar surface area (TPSA) is 112 Å². The Balaban J connectivity index is 0.000000225. The number of carboxylic acid groups (broad SMARTS) is 1. The van der Waals surface area contributed by atoms with E-state index in [4.69, 9.17) is 9.84 Å². The van der Waals surface area contributed by atoms with Crippen LogP contribution < -0.4 is 10.1 Å². The minimum atomic E-state index is -0.901. The first-order valence-electron chi connectivity index (χ1n) is 10.3. The standard InChI is InChI=1S/C13H16N2O2.C9H15NO3S/c1-9(16)14-6-5-10-8-15-13-4-3-11(17-2)7-12(10)13;1-6(5-14)8(11)10-4-2-3-7(10)9(12)13/h3-4,7-8,15H,5-6H2,1-2H3,(H,14,16);6-7,14H,2-5H2,1H3,(H,12,13)/t;6-,7+/m.1/s1. The van der Waals surface area contributed by atoms with Gasteiger partial charge in [0.15, 0.2) is 0 Å². The number of hydrogen-bond donors (Lipinski definition) is 4. The summed E-state index contributed by atoms with van der Waals surface area (Å²) in [6.45, 7) is 4.51. The molecule has 0 aliphatic carbocycles. The third-order valence-corrected chi connectivity index (χ3v) is 5.81. The summed E-state index contributed by atoms with van der Waals surface area (Å²) in [5, 5.41) is 12.8. The molecule has 1 aliphatic rings. The molecular formula is C22H31N3O5S. The normalized spacial score (nSPS) is 16.4. The van der Waals surface area contributed by atoms with Crippen molar-refractivity contribution in [3.63, 3.8) is 0 Å². The van der Waals surface area contributed by atoms with Crippen molar-refractivity contribution in [1.82, 2.24) is 15.2 Å². The second-order valence-corrected chi connectivity index (χ2v) is 7.94. The first-order valence-corrected chi connectivity index (χ1v) is 10.9. The van der Waals surface area contributed by atoms with Gasteiger partial charge in [-0.1, -0.05) is 6.92 Å². The molecule has 2 atom stereocenters. The van der Waals surface area contributed by atoms with E-state index in [2.05, 4.69) is 22.9 Å². The van der Waals surface area contributed by atoms with E-state index in [9.17, 15) is 14.4 Å². The molecule has 1 saturated heterocycles. The number of rotatable bonds is 7. The molecule has 0 radical (unpaired) electrons. The first kappa shape index (κ1) is 24.6. The smallest absolute Gasteiger partial charge is 0.326 e. The molecule has 2 heterocycles. The molecular weight excluding hydrogens is 418 g/mol. The van der Waals surface area contributed by atoms with Gasteiger partial charge in [0.1, 0.15) is 11.8 Å². The number of thiol groups is 1. The number of amides is 2. The monoisotopic (exact) mass is 449 g/mol. The van der Waals surface area contributed by atoms with E-state index in [1.54, 1.807) is 14.0 Å². The Morgan fingerprint density at radius 2 is 2.13 bits per heavy atom. The maximum atomic E-state index is 11.7. The van der Waals surface area contributed by atoms with Crippen molar-refractivity contribution < 1.29 is 24.2 Å². The van der Waals surface area contributed by atoms with E-state index in [0.717, 1.165) is 29.5 Å².